The fourth-order valence-corrected chi connectivity index (χ4v) is 2.69. The molecule has 1 aliphatic carbocycles. The van der Waals surface area contributed by atoms with Crippen LogP contribution in [0.2, 0.25) is 0 Å². The van der Waals surface area contributed by atoms with Gasteiger partial charge in [0, 0.05) is 18.6 Å². The van der Waals surface area contributed by atoms with E-state index in [-0.39, 0.29) is 17.7 Å². The molecule has 2 fully saturated rings. The van der Waals surface area contributed by atoms with E-state index in [0.717, 1.165) is 25.5 Å². The molecule has 1 aromatic rings. The molecule has 0 radical (unpaired) electrons. The molecule has 1 amide bonds. The highest BCUT2D eigenvalue weighted by Gasteiger charge is 2.45. The summed E-state index contributed by atoms with van der Waals surface area (Å²) in [6.07, 6.45) is 1.90. The van der Waals surface area contributed by atoms with Crippen molar-refractivity contribution in [2.45, 2.75) is 25.0 Å². The van der Waals surface area contributed by atoms with Gasteiger partial charge in [-0.15, -0.1) is 0 Å². The number of hydrogen-bond acceptors (Lipinski definition) is 2. The molecule has 0 bridgehead atoms. The van der Waals surface area contributed by atoms with E-state index in [9.17, 15) is 13.6 Å². The molecule has 0 aromatic heterocycles. The Labute approximate surface area is 103 Å². The predicted octanol–water partition coefficient (Wildman–Crippen LogP) is 1.87. The highest BCUT2D eigenvalue weighted by Crippen LogP contribution is 2.38. The lowest BCUT2D eigenvalue weighted by Gasteiger charge is -2.39. The number of nitrogens with one attached hydrogen (secondary N) is 1. The molecule has 1 saturated carbocycles. The van der Waals surface area contributed by atoms with E-state index in [0.29, 0.717) is 5.92 Å². The van der Waals surface area contributed by atoms with E-state index in [4.69, 9.17) is 4.74 Å². The average Bonchev–Trinajstić information content (AvgIpc) is 2.71. The Hall–Kier alpha value is -1.49. The number of fused-ring (bicyclic) bond motifs is 1. The van der Waals surface area contributed by atoms with Gasteiger partial charge in [-0.1, -0.05) is 6.07 Å². The van der Waals surface area contributed by atoms with Crippen molar-refractivity contribution < 1.29 is 18.3 Å². The van der Waals surface area contributed by atoms with Crippen LogP contribution in [0.25, 0.3) is 0 Å². The topological polar surface area (TPSA) is 38.3 Å². The molecule has 3 atom stereocenters. The van der Waals surface area contributed by atoms with Crippen LogP contribution in [-0.2, 0) is 4.74 Å². The Morgan fingerprint density at radius 1 is 1.39 bits per heavy atom. The van der Waals surface area contributed by atoms with E-state index in [1.807, 2.05) is 0 Å². The Morgan fingerprint density at radius 2 is 2.22 bits per heavy atom. The molecule has 3 nitrogen and oxygen atoms in total. The van der Waals surface area contributed by atoms with Crippen molar-refractivity contribution in [2.24, 2.45) is 5.92 Å². The molecule has 96 valence electrons. The number of carbonyl (C=O) groups is 1. The number of amides is 1. The minimum absolute atomic E-state index is 0.0210. The first kappa shape index (κ1) is 11.6. The van der Waals surface area contributed by atoms with Crippen molar-refractivity contribution in [1.29, 1.82) is 0 Å². The summed E-state index contributed by atoms with van der Waals surface area (Å²) in [5.41, 5.74) is -0.239. The summed E-state index contributed by atoms with van der Waals surface area (Å²) in [6.45, 7) is 0.718. The molecule has 1 heterocycles. The predicted molar refractivity (Wildman–Crippen MR) is 60.1 cm³/mol. The first-order valence-corrected chi connectivity index (χ1v) is 6.03. The van der Waals surface area contributed by atoms with Crippen molar-refractivity contribution in [3.8, 4) is 0 Å². The molecule has 1 aliphatic heterocycles. The van der Waals surface area contributed by atoms with Crippen molar-refractivity contribution >= 4 is 5.91 Å². The standard InChI is InChI=1S/C13H13F2NO2/c14-9-3-1-2-8(12(9)15)13(17)16-10-6-11-7(10)4-5-18-11/h1-3,7,10-11H,4-6H2,(H,16,17)/t7-,10+,11+/m0/s1. The molecule has 3 rings (SSSR count). The SMILES string of the molecule is O=C(N[C@@H]1C[C@H]2OCC[C@@H]12)c1cccc(F)c1F. The van der Waals surface area contributed by atoms with E-state index in [1.165, 1.54) is 12.1 Å². The summed E-state index contributed by atoms with van der Waals surface area (Å²) >= 11 is 0. The summed E-state index contributed by atoms with van der Waals surface area (Å²) in [5, 5.41) is 2.75. The smallest absolute Gasteiger partial charge is 0.254 e. The number of hydrogen-bond donors (Lipinski definition) is 1. The zero-order valence-corrected chi connectivity index (χ0v) is 9.66. The molecule has 0 unspecified atom stereocenters. The van der Waals surface area contributed by atoms with Gasteiger partial charge in [0.15, 0.2) is 11.6 Å². The van der Waals surface area contributed by atoms with E-state index in [2.05, 4.69) is 5.32 Å². The molecule has 2 aliphatic rings. The maximum Gasteiger partial charge on any atom is 0.254 e. The number of ether oxygens (including phenoxy) is 1. The summed E-state index contributed by atoms with van der Waals surface area (Å²) < 4.78 is 31.9. The second kappa shape index (κ2) is 4.31. The van der Waals surface area contributed by atoms with Crippen LogP contribution in [0.4, 0.5) is 8.78 Å². The van der Waals surface area contributed by atoms with Crippen LogP contribution in [0.1, 0.15) is 23.2 Å². The lowest BCUT2D eigenvalue weighted by atomic mass is 9.76. The van der Waals surface area contributed by atoms with Gasteiger partial charge in [-0.3, -0.25) is 4.79 Å². The van der Waals surface area contributed by atoms with Gasteiger partial charge >= 0.3 is 0 Å². The number of halogens is 2. The van der Waals surface area contributed by atoms with Crippen LogP contribution in [0.15, 0.2) is 18.2 Å². The maximum absolute atomic E-state index is 13.4. The maximum atomic E-state index is 13.4. The third-order valence-corrected chi connectivity index (χ3v) is 3.78. The molecule has 1 aromatic carbocycles. The van der Waals surface area contributed by atoms with Gasteiger partial charge in [0.2, 0.25) is 0 Å². The van der Waals surface area contributed by atoms with Crippen LogP contribution >= 0.6 is 0 Å². The Balaban J connectivity index is 1.70. The zero-order chi connectivity index (χ0) is 12.7. The fourth-order valence-electron chi connectivity index (χ4n) is 2.69. The minimum atomic E-state index is -1.09. The molecular weight excluding hydrogens is 240 g/mol. The van der Waals surface area contributed by atoms with Crippen molar-refractivity contribution in [3.05, 3.63) is 35.4 Å². The van der Waals surface area contributed by atoms with Gasteiger partial charge in [0.25, 0.3) is 5.91 Å². The highest BCUT2D eigenvalue weighted by molar-refractivity contribution is 5.94. The van der Waals surface area contributed by atoms with Crippen LogP contribution in [-0.4, -0.2) is 24.7 Å². The molecule has 5 heteroatoms. The summed E-state index contributed by atoms with van der Waals surface area (Å²) in [5.74, 6) is -2.32. The number of carbonyl (C=O) groups excluding carboxylic acids is 1. The van der Waals surface area contributed by atoms with E-state index >= 15 is 0 Å². The van der Waals surface area contributed by atoms with Gasteiger partial charge in [-0.2, -0.15) is 0 Å². The molecule has 1 N–H and O–H groups in total. The zero-order valence-electron chi connectivity index (χ0n) is 9.66. The summed E-state index contributed by atoms with van der Waals surface area (Å²) in [6, 6.07) is 3.63. The fraction of sp³-hybridized carbons (Fsp3) is 0.462. The second-order valence-corrected chi connectivity index (χ2v) is 4.78. The first-order valence-electron chi connectivity index (χ1n) is 6.03. The number of rotatable bonds is 2. The highest BCUT2D eigenvalue weighted by atomic mass is 19.2. The Bertz CT molecular complexity index is 492. The van der Waals surface area contributed by atoms with Crippen molar-refractivity contribution in [3.63, 3.8) is 0 Å². The van der Waals surface area contributed by atoms with E-state index in [1.54, 1.807) is 0 Å². The van der Waals surface area contributed by atoms with Gasteiger partial charge < -0.3 is 10.1 Å². The molecule has 1 saturated heterocycles. The summed E-state index contributed by atoms with van der Waals surface area (Å²) in [7, 11) is 0. The average molecular weight is 253 g/mol. The Morgan fingerprint density at radius 3 is 3.00 bits per heavy atom. The van der Waals surface area contributed by atoms with Gasteiger partial charge in [-0.05, 0) is 25.0 Å². The normalized spacial score (nSPS) is 29.6. The Kier molecular flexibility index (Phi) is 2.78. The summed E-state index contributed by atoms with van der Waals surface area (Å²) in [4.78, 5) is 11.9. The quantitative estimate of drug-likeness (QED) is 0.873. The lowest BCUT2D eigenvalue weighted by Crippen LogP contribution is -2.53. The molecule has 0 spiro atoms. The van der Waals surface area contributed by atoms with Crippen LogP contribution in [0.3, 0.4) is 0 Å². The van der Waals surface area contributed by atoms with Gasteiger partial charge in [0.1, 0.15) is 0 Å². The third kappa shape index (κ3) is 1.79. The van der Waals surface area contributed by atoms with Crippen LogP contribution < -0.4 is 5.32 Å². The van der Waals surface area contributed by atoms with Gasteiger partial charge in [0.05, 0.1) is 11.7 Å². The number of benzene rings is 1. The molecule has 18 heavy (non-hydrogen) atoms. The first-order chi connectivity index (χ1) is 8.66. The van der Waals surface area contributed by atoms with Crippen molar-refractivity contribution in [1.82, 2.24) is 5.32 Å². The van der Waals surface area contributed by atoms with Gasteiger partial charge in [-0.25, -0.2) is 8.78 Å². The van der Waals surface area contributed by atoms with Crippen LogP contribution in [0.5, 0.6) is 0 Å². The monoisotopic (exact) mass is 253 g/mol. The third-order valence-electron chi connectivity index (χ3n) is 3.78. The molecular formula is C13H13F2NO2. The van der Waals surface area contributed by atoms with Crippen LogP contribution in [0, 0.1) is 17.6 Å². The van der Waals surface area contributed by atoms with Crippen molar-refractivity contribution in [2.75, 3.05) is 6.61 Å². The second-order valence-electron chi connectivity index (χ2n) is 4.78. The van der Waals surface area contributed by atoms with E-state index < -0.39 is 17.5 Å². The minimum Gasteiger partial charge on any atom is -0.378 e. The largest absolute Gasteiger partial charge is 0.378 e. The lowest BCUT2D eigenvalue weighted by molar-refractivity contribution is 0.00804.